The van der Waals surface area contributed by atoms with E-state index >= 15 is 0 Å². The van der Waals surface area contributed by atoms with Gasteiger partial charge in [0, 0.05) is 17.0 Å². The zero-order valence-electron chi connectivity index (χ0n) is 9.16. The first-order valence-electron chi connectivity index (χ1n) is 5.87. The molecule has 0 radical (unpaired) electrons. The van der Waals surface area contributed by atoms with E-state index in [2.05, 4.69) is 6.07 Å². The Kier molecular flexibility index (Phi) is 2.46. The highest BCUT2D eigenvalue weighted by Crippen LogP contribution is 2.50. The molecule has 2 N–H and O–H groups in total. The van der Waals surface area contributed by atoms with Crippen LogP contribution in [0.4, 0.5) is 0 Å². The van der Waals surface area contributed by atoms with Gasteiger partial charge in [-0.2, -0.15) is 0 Å². The summed E-state index contributed by atoms with van der Waals surface area (Å²) in [4.78, 5) is 0. The van der Waals surface area contributed by atoms with E-state index in [9.17, 15) is 0 Å². The van der Waals surface area contributed by atoms with Crippen LogP contribution in [0.5, 0.6) is 0 Å². The molecule has 2 bridgehead atoms. The van der Waals surface area contributed by atoms with Crippen LogP contribution in [0.2, 0.25) is 5.02 Å². The van der Waals surface area contributed by atoms with E-state index in [-0.39, 0.29) is 11.5 Å². The Hall–Kier alpha value is -0.570. The monoisotopic (exact) mass is 237 g/mol. The van der Waals surface area contributed by atoms with Crippen LogP contribution < -0.4 is 5.73 Å². The van der Waals surface area contributed by atoms with Crippen molar-refractivity contribution in [2.24, 2.45) is 5.73 Å². The van der Waals surface area contributed by atoms with E-state index in [0.717, 1.165) is 17.9 Å². The molecule has 0 saturated carbocycles. The number of hydrogen-bond acceptors (Lipinski definition) is 2. The number of benzene rings is 1. The van der Waals surface area contributed by atoms with Gasteiger partial charge in [0.25, 0.3) is 0 Å². The van der Waals surface area contributed by atoms with Crippen LogP contribution >= 0.6 is 11.6 Å². The van der Waals surface area contributed by atoms with E-state index in [1.54, 1.807) is 0 Å². The van der Waals surface area contributed by atoms with Crippen molar-refractivity contribution in [1.29, 1.82) is 0 Å². The van der Waals surface area contributed by atoms with E-state index in [1.165, 1.54) is 12.0 Å². The van der Waals surface area contributed by atoms with E-state index < -0.39 is 0 Å². The van der Waals surface area contributed by atoms with Crippen LogP contribution in [0, 0.1) is 0 Å². The minimum Gasteiger partial charge on any atom is -0.374 e. The maximum atomic E-state index is 6.30. The van der Waals surface area contributed by atoms with Crippen LogP contribution in [0.3, 0.4) is 0 Å². The SMILES string of the molecule is NCC1(c2ccccc2Cl)CC2CCC1O2. The van der Waals surface area contributed by atoms with Gasteiger partial charge in [0.2, 0.25) is 0 Å². The molecule has 1 aromatic rings. The fourth-order valence-electron chi connectivity index (χ4n) is 3.27. The number of ether oxygens (including phenoxy) is 1. The summed E-state index contributed by atoms with van der Waals surface area (Å²) >= 11 is 6.30. The zero-order chi connectivity index (χ0) is 11.2. The normalized spacial score (nSPS) is 36.9. The summed E-state index contributed by atoms with van der Waals surface area (Å²) < 4.78 is 5.95. The molecule has 2 saturated heterocycles. The Morgan fingerprint density at radius 1 is 1.38 bits per heavy atom. The molecule has 0 aromatic heterocycles. The fraction of sp³-hybridized carbons (Fsp3) is 0.538. The molecule has 3 unspecified atom stereocenters. The predicted molar refractivity (Wildman–Crippen MR) is 64.7 cm³/mol. The lowest BCUT2D eigenvalue weighted by Crippen LogP contribution is -2.44. The van der Waals surface area contributed by atoms with Crippen molar-refractivity contribution in [3.05, 3.63) is 34.9 Å². The first-order chi connectivity index (χ1) is 7.76. The molecule has 0 spiro atoms. The molecule has 2 nitrogen and oxygen atoms in total. The van der Waals surface area contributed by atoms with E-state index in [4.69, 9.17) is 22.1 Å². The molecular formula is C13H16ClNO. The van der Waals surface area contributed by atoms with Crippen LogP contribution in [-0.4, -0.2) is 18.8 Å². The number of halogens is 1. The number of hydrogen-bond donors (Lipinski definition) is 1. The maximum Gasteiger partial charge on any atom is 0.0690 e. The average Bonchev–Trinajstić information content (AvgIpc) is 2.90. The zero-order valence-corrected chi connectivity index (χ0v) is 9.91. The largest absolute Gasteiger partial charge is 0.374 e. The standard InChI is InChI=1S/C13H16ClNO/c14-11-4-2-1-3-10(11)13(8-15)7-9-5-6-12(13)16-9/h1-4,9,12H,5-8,15H2. The van der Waals surface area contributed by atoms with Gasteiger partial charge in [-0.15, -0.1) is 0 Å². The highest BCUT2D eigenvalue weighted by molar-refractivity contribution is 6.31. The van der Waals surface area contributed by atoms with Crippen molar-refractivity contribution in [1.82, 2.24) is 0 Å². The van der Waals surface area contributed by atoms with Crippen molar-refractivity contribution in [3.8, 4) is 0 Å². The first-order valence-corrected chi connectivity index (χ1v) is 6.24. The highest BCUT2D eigenvalue weighted by atomic mass is 35.5. The second kappa shape index (κ2) is 3.73. The summed E-state index contributed by atoms with van der Waals surface area (Å²) in [6.45, 7) is 0.623. The first kappa shape index (κ1) is 10.6. The minimum absolute atomic E-state index is 0.0404. The Bertz CT molecular complexity index is 409. The quantitative estimate of drug-likeness (QED) is 0.858. The fourth-order valence-corrected chi connectivity index (χ4v) is 3.60. The third-order valence-electron chi connectivity index (χ3n) is 4.09. The van der Waals surface area contributed by atoms with Gasteiger partial charge in [-0.05, 0) is 30.9 Å². The van der Waals surface area contributed by atoms with E-state index in [0.29, 0.717) is 12.6 Å². The number of rotatable bonds is 2. The van der Waals surface area contributed by atoms with Gasteiger partial charge in [-0.1, -0.05) is 29.8 Å². The smallest absolute Gasteiger partial charge is 0.0690 e. The van der Waals surface area contributed by atoms with Crippen molar-refractivity contribution < 1.29 is 4.74 Å². The molecular weight excluding hydrogens is 222 g/mol. The van der Waals surface area contributed by atoms with Crippen LogP contribution in [0.25, 0.3) is 0 Å². The Balaban J connectivity index is 2.06. The van der Waals surface area contributed by atoms with Gasteiger partial charge in [0.15, 0.2) is 0 Å². The van der Waals surface area contributed by atoms with E-state index in [1.807, 2.05) is 18.2 Å². The Morgan fingerprint density at radius 3 is 2.75 bits per heavy atom. The van der Waals surface area contributed by atoms with Crippen molar-refractivity contribution in [2.75, 3.05) is 6.54 Å². The molecule has 3 atom stereocenters. The molecule has 2 fully saturated rings. The second-order valence-corrected chi connectivity index (χ2v) is 5.28. The Morgan fingerprint density at radius 2 is 2.19 bits per heavy atom. The molecule has 16 heavy (non-hydrogen) atoms. The van der Waals surface area contributed by atoms with Gasteiger partial charge < -0.3 is 10.5 Å². The van der Waals surface area contributed by atoms with Gasteiger partial charge >= 0.3 is 0 Å². The molecule has 0 aliphatic carbocycles. The molecule has 2 aliphatic rings. The lowest BCUT2D eigenvalue weighted by Gasteiger charge is -2.35. The summed E-state index contributed by atoms with van der Waals surface area (Å²) in [7, 11) is 0. The summed E-state index contributed by atoms with van der Waals surface area (Å²) in [5.74, 6) is 0. The molecule has 3 heteroatoms. The van der Waals surface area contributed by atoms with Crippen LogP contribution in [0.15, 0.2) is 24.3 Å². The maximum absolute atomic E-state index is 6.30. The van der Waals surface area contributed by atoms with Gasteiger partial charge in [-0.25, -0.2) is 0 Å². The van der Waals surface area contributed by atoms with Gasteiger partial charge in [0.05, 0.1) is 12.2 Å². The topological polar surface area (TPSA) is 35.2 Å². The average molecular weight is 238 g/mol. The molecule has 2 heterocycles. The number of nitrogens with two attached hydrogens (primary N) is 1. The molecule has 86 valence electrons. The third kappa shape index (κ3) is 1.33. The van der Waals surface area contributed by atoms with Crippen LogP contribution in [0.1, 0.15) is 24.8 Å². The van der Waals surface area contributed by atoms with Crippen molar-refractivity contribution in [3.63, 3.8) is 0 Å². The second-order valence-electron chi connectivity index (χ2n) is 4.87. The van der Waals surface area contributed by atoms with Crippen molar-refractivity contribution >= 4 is 11.6 Å². The minimum atomic E-state index is -0.0404. The third-order valence-corrected chi connectivity index (χ3v) is 4.42. The summed E-state index contributed by atoms with van der Waals surface area (Å²) in [6, 6.07) is 8.04. The van der Waals surface area contributed by atoms with Gasteiger partial charge in [0.1, 0.15) is 0 Å². The van der Waals surface area contributed by atoms with Gasteiger partial charge in [-0.3, -0.25) is 0 Å². The summed E-state index contributed by atoms with van der Waals surface area (Å²) in [5, 5.41) is 0.823. The predicted octanol–water partition coefficient (Wildman–Crippen LogP) is 2.49. The highest BCUT2D eigenvalue weighted by Gasteiger charge is 2.53. The van der Waals surface area contributed by atoms with Crippen molar-refractivity contribution in [2.45, 2.75) is 36.9 Å². The molecule has 3 rings (SSSR count). The summed E-state index contributed by atoms with van der Waals surface area (Å²) in [5.41, 5.74) is 7.15. The summed E-state index contributed by atoms with van der Waals surface area (Å²) in [6.07, 6.45) is 3.98. The Labute approximate surface area is 101 Å². The van der Waals surface area contributed by atoms with Crippen LogP contribution in [-0.2, 0) is 10.2 Å². The lowest BCUT2D eigenvalue weighted by molar-refractivity contribution is 0.0857. The molecule has 1 aromatic carbocycles. The number of fused-ring (bicyclic) bond motifs is 2. The molecule has 0 amide bonds. The molecule has 2 aliphatic heterocycles. The lowest BCUT2D eigenvalue weighted by atomic mass is 9.69.